The summed E-state index contributed by atoms with van der Waals surface area (Å²) in [4.78, 5) is 25.7. The number of carbonyl (C=O) groups is 2. The van der Waals surface area contributed by atoms with Crippen molar-refractivity contribution < 1.29 is 9.59 Å². The van der Waals surface area contributed by atoms with Crippen LogP contribution in [0.15, 0.2) is 36.4 Å². The van der Waals surface area contributed by atoms with E-state index in [4.69, 9.17) is 5.73 Å². The Hall–Kier alpha value is -2.34. The van der Waals surface area contributed by atoms with Crippen LogP contribution in [0, 0.1) is 12.8 Å². The number of nitrogens with one attached hydrogen (secondary N) is 2. The van der Waals surface area contributed by atoms with Crippen molar-refractivity contribution in [3.8, 4) is 0 Å². The van der Waals surface area contributed by atoms with E-state index in [9.17, 15) is 9.59 Å². The lowest BCUT2D eigenvalue weighted by atomic mass is 10.2. The molecule has 3 amide bonds. The molecule has 120 valence electrons. The second-order valence-corrected chi connectivity index (χ2v) is 7.12. The van der Waals surface area contributed by atoms with Crippen LogP contribution >= 0.6 is 11.3 Å². The minimum Gasteiger partial charge on any atom is -0.352 e. The van der Waals surface area contributed by atoms with Crippen LogP contribution < -0.4 is 16.4 Å². The van der Waals surface area contributed by atoms with Gasteiger partial charge in [-0.1, -0.05) is 12.1 Å². The molecule has 1 saturated carbocycles. The summed E-state index contributed by atoms with van der Waals surface area (Å²) in [6.07, 6.45) is 0.926. The molecule has 1 aliphatic rings. The van der Waals surface area contributed by atoms with Gasteiger partial charge in [0.2, 0.25) is 5.91 Å². The van der Waals surface area contributed by atoms with Crippen molar-refractivity contribution in [2.45, 2.75) is 25.8 Å². The number of amides is 3. The van der Waals surface area contributed by atoms with E-state index in [0.29, 0.717) is 18.2 Å². The molecule has 0 bridgehead atoms. The smallest absolute Gasteiger partial charge is 0.316 e. The number of primary amides is 1. The van der Waals surface area contributed by atoms with E-state index < -0.39 is 6.03 Å². The number of thiophene rings is 1. The Morgan fingerprint density at radius 3 is 2.83 bits per heavy atom. The Balaban J connectivity index is 1.53. The molecule has 2 aromatic rings. The van der Waals surface area contributed by atoms with Crippen molar-refractivity contribution in [2.75, 3.05) is 5.32 Å². The zero-order valence-corrected chi connectivity index (χ0v) is 13.7. The van der Waals surface area contributed by atoms with Crippen LogP contribution in [0.2, 0.25) is 0 Å². The summed E-state index contributed by atoms with van der Waals surface area (Å²) in [7, 11) is 0. The number of benzene rings is 1. The van der Waals surface area contributed by atoms with Crippen molar-refractivity contribution in [3.63, 3.8) is 0 Å². The van der Waals surface area contributed by atoms with Gasteiger partial charge in [-0.3, -0.25) is 4.79 Å². The van der Waals surface area contributed by atoms with Crippen molar-refractivity contribution in [1.82, 2.24) is 5.32 Å². The molecular formula is C17H19N3O2S. The summed E-state index contributed by atoms with van der Waals surface area (Å²) >= 11 is 1.77. The van der Waals surface area contributed by atoms with Crippen LogP contribution in [0.4, 0.5) is 10.5 Å². The van der Waals surface area contributed by atoms with Gasteiger partial charge in [0.25, 0.3) is 0 Å². The topological polar surface area (TPSA) is 84.2 Å². The monoisotopic (exact) mass is 329 g/mol. The van der Waals surface area contributed by atoms with Crippen LogP contribution in [0.5, 0.6) is 0 Å². The fourth-order valence-electron chi connectivity index (χ4n) is 2.67. The van der Waals surface area contributed by atoms with E-state index >= 15 is 0 Å². The van der Waals surface area contributed by atoms with Gasteiger partial charge >= 0.3 is 6.03 Å². The molecule has 0 aliphatic heterocycles. The summed E-state index contributed by atoms with van der Waals surface area (Å²) in [5.41, 5.74) is 6.65. The molecule has 1 aliphatic carbocycles. The van der Waals surface area contributed by atoms with Crippen LogP contribution in [0.3, 0.4) is 0 Å². The summed E-state index contributed by atoms with van der Waals surface area (Å²) < 4.78 is 0. The predicted octanol–water partition coefficient (Wildman–Crippen LogP) is 2.97. The molecule has 1 aromatic carbocycles. The van der Waals surface area contributed by atoms with Crippen LogP contribution in [-0.2, 0) is 11.3 Å². The quantitative estimate of drug-likeness (QED) is 0.788. The molecule has 0 spiro atoms. The van der Waals surface area contributed by atoms with E-state index in [1.165, 1.54) is 9.75 Å². The molecule has 5 nitrogen and oxygen atoms in total. The Labute approximate surface area is 138 Å². The van der Waals surface area contributed by atoms with Gasteiger partial charge in [-0.15, -0.1) is 11.3 Å². The highest BCUT2D eigenvalue weighted by molar-refractivity contribution is 7.12. The van der Waals surface area contributed by atoms with Crippen molar-refractivity contribution in [1.29, 1.82) is 0 Å². The molecule has 0 radical (unpaired) electrons. The van der Waals surface area contributed by atoms with Gasteiger partial charge in [0.1, 0.15) is 0 Å². The molecule has 0 saturated heterocycles. The van der Waals surface area contributed by atoms with Gasteiger partial charge in [-0.25, -0.2) is 4.79 Å². The van der Waals surface area contributed by atoms with E-state index in [-0.39, 0.29) is 11.8 Å². The number of aryl methyl sites for hydroxylation is 1. The van der Waals surface area contributed by atoms with Crippen LogP contribution in [-0.4, -0.2) is 11.9 Å². The van der Waals surface area contributed by atoms with Gasteiger partial charge in [0.15, 0.2) is 0 Å². The maximum Gasteiger partial charge on any atom is 0.316 e. The number of hydrogen-bond donors (Lipinski definition) is 3. The van der Waals surface area contributed by atoms with Crippen LogP contribution in [0.25, 0.3) is 0 Å². The molecule has 1 aromatic heterocycles. The van der Waals surface area contributed by atoms with Crippen molar-refractivity contribution in [2.24, 2.45) is 11.7 Å². The first-order valence-electron chi connectivity index (χ1n) is 7.52. The zero-order valence-electron chi connectivity index (χ0n) is 12.8. The standard InChI is InChI=1S/C17H19N3O2S/c1-10-5-6-15(23-10)13-8-14(13)16(21)19-9-11-3-2-4-12(7-11)20-17(18)22/h2-7,13-14H,8-9H2,1H3,(H,19,21)(H3,18,20,22). The lowest BCUT2D eigenvalue weighted by Crippen LogP contribution is -2.25. The first-order valence-corrected chi connectivity index (χ1v) is 8.34. The molecule has 6 heteroatoms. The van der Waals surface area contributed by atoms with Gasteiger partial charge in [-0.05, 0) is 43.2 Å². The summed E-state index contributed by atoms with van der Waals surface area (Å²) in [5, 5.41) is 5.50. The highest BCUT2D eigenvalue weighted by Gasteiger charge is 2.44. The van der Waals surface area contributed by atoms with E-state index in [1.807, 2.05) is 12.1 Å². The van der Waals surface area contributed by atoms with Crippen molar-refractivity contribution in [3.05, 3.63) is 51.7 Å². The predicted molar refractivity (Wildman–Crippen MR) is 91.4 cm³/mol. The summed E-state index contributed by atoms with van der Waals surface area (Å²) in [6, 6.07) is 10.9. The maximum atomic E-state index is 12.2. The molecule has 23 heavy (non-hydrogen) atoms. The lowest BCUT2D eigenvalue weighted by molar-refractivity contribution is -0.122. The normalized spacial score (nSPS) is 19.2. The fourth-order valence-corrected chi connectivity index (χ4v) is 3.73. The average molecular weight is 329 g/mol. The molecule has 1 fully saturated rings. The number of rotatable bonds is 5. The van der Waals surface area contributed by atoms with Crippen molar-refractivity contribution >= 4 is 29.0 Å². The molecule has 3 rings (SSSR count). The summed E-state index contributed by atoms with van der Waals surface area (Å²) in [5.74, 6) is 0.547. The summed E-state index contributed by atoms with van der Waals surface area (Å²) in [6.45, 7) is 2.53. The second kappa shape index (κ2) is 6.42. The Bertz CT molecular complexity index is 741. The third-order valence-corrected chi connectivity index (χ3v) is 5.05. The molecular weight excluding hydrogens is 310 g/mol. The SMILES string of the molecule is Cc1ccc(C2CC2C(=O)NCc2cccc(NC(N)=O)c2)s1. The number of hydrogen-bond acceptors (Lipinski definition) is 3. The van der Waals surface area contributed by atoms with Gasteiger partial charge in [0, 0.05) is 33.8 Å². The third kappa shape index (κ3) is 3.90. The highest BCUT2D eigenvalue weighted by Crippen LogP contribution is 2.49. The second-order valence-electron chi connectivity index (χ2n) is 5.80. The van der Waals surface area contributed by atoms with E-state index in [0.717, 1.165) is 12.0 Å². The van der Waals surface area contributed by atoms with Gasteiger partial charge in [0.05, 0.1) is 0 Å². The minimum absolute atomic E-state index is 0.0833. The fraction of sp³-hybridized carbons (Fsp3) is 0.294. The number of carbonyl (C=O) groups excluding carboxylic acids is 2. The van der Waals surface area contributed by atoms with Gasteiger partial charge < -0.3 is 16.4 Å². The average Bonchev–Trinajstić information content (AvgIpc) is 3.19. The number of urea groups is 1. The van der Waals surface area contributed by atoms with Crippen LogP contribution in [0.1, 0.15) is 27.7 Å². The van der Waals surface area contributed by atoms with E-state index in [2.05, 4.69) is 29.7 Å². The maximum absolute atomic E-state index is 12.2. The Morgan fingerprint density at radius 2 is 2.13 bits per heavy atom. The molecule has 2 atom stereocenters. The number of anilines is 1. The Kier molecular flexibility index (Phi) is 4.34. The molecule has 2 unspecified atom stereocenters. The lowest BCUT2D eigenvalue weighted by Gasteiger charge is -2.07. The largest absolute Gasteiger partial charge is 0.352 e. The zero-order chi connectivity index (χ0) is 16.4. The number of nitrogens with two attached hydrogens (primary N) is 1. The third-order valence-electron chi connectivity index (χ3n) is 3.92. The first-order chi connectivity index (χ1) is 11.0. The minimum atomic E-state index is -0.599. The molecule has 4 N–H and O–H groups in total. The highest BCUT2D eigenvalue weighted by atomic mass is 32.1. The van der Waals surface area contributed by atoms with E-state index in [1.54, 1.807) is 23.5 Å². The molecule has 1 heterocycles. The van der Waals surface area contributed by atoms with Gasteiger partial charge in [-0.2, -0.15) is 0 Å². The first kappa shape index (κ1) is 15.6. The Morgan fingerprint density at radius 1 is 1.30 bits per heavy atom.